The zero-order valence-corrected chi connectivity index (χ0v) is 12.3. The first kappa shape index (κ1) is 17.5. The van der Waals surface area contributed by atoms with Gasteiger partial charge < -0.3 is 5.32 Å². The summed E-state index contributed by atoms with van der Waals surface area (Å²) in [5, 5.41) is 24.3. The van der Waals surface area contributed by atoms with Crippen LogP contribution < -0.4 is 5.32 Å². The number of alkyl halides is 3. The van der Waals surface area contributed by atoms with Crippen LogP contribution in [-0.2, 0) is 6.18 Å². The predicted octanol–water partition coefficient (Wildman–Crippen LogP) is 4.92. The van der Waals surface area contributed by atoms with Crippen molar-refractivity contribution in [2.75, 3.05) is 5.32 Å². The minimum Gasteiger partial charge on any atom is -0.349 e. The van der Waals surface area contributed by atoms with E-state index < -0.39 is 38.6 Å². The third-order valence-electron chi connectivity index (χ3n) is 2.91. The van der Waals surface area contributed by atoms with E-state index in [1.165, 1.54) is 24.3 Å². The van der Waals surface area contributed by atoms with Crippen LogP contribution >= 0.6 is 11.6 Å². The second-order valence-corrected chi connectivity index (χ2v) is 4.97. The van der Waals surface area contributed by atoms with Crippen LogP contribution in [0.15, 0.2) is 36.4 Å². The number of nitro groups is 2. The van der Waals surface area contributed by atoms with Crippen LogP contribution in [0.25, 0.3) is 0 Å². The summed E-state index contributed by atoms with van der Waals surface area (Å²) in [7, 11) is 0. The third kappa shape index (κ3) is 3.71. The lowest BCUT2D eigenvalue weighted by atomic mass is 10.1. The lowest BCUT2D eigenvalue weighted by Crippen LogP contribution is -2.11. The molecule has 126 valence electrons. The van der Waals surface area contributed by atoms with E-state index in [9.17, 15) is 33.4 Å². The Morgan fingerprint density at radius 1 is 1.04 bits per heavy atom. The van der Waals surface area contributed by atoms with E-state index in [0.29, 0.717) is 6.07 Å². The first-order valence-electron chi connectivity index (χ1n) is 6.16. The van der Waals surface area contributed by atoms with Gasteiger partial charge in [-0.3, -0.25) is 20.2 Å². The van der Waals surface area contributed by atoms with Crippen molar-refractivity contribution in [2.45, 2.75) is 6.18 Å². The van der Waals surface area contributed by atoms with Gasteiger partial charge in [0.1, 0.15) is 5.69 Å². The van der Waals surface area contributed by atoms with Crippen LogP contribution in [-0.4, -0.2) is 9.85 Å². The molecule has 2 rings (SSSR count). The molecule has 0 aliphatic heterocycles. The van der Waals surface area contributed by atoms with E-state index >= 15 is 0 Å². The number of hydrogen-bond donors (Lipinski definition) is 1. The molecule has 0 fully saturated rings. The molecule has 24 heavy (non-hydrogen) atoms. The maximum atomic E-state index is 13.2. The van der Waals surface area contributed by atoms with Gasteiger partial charge in [-0.1, -0.05) is 17.7 Å². The maximum absolute atomic E-state index is 13.2. The van der Waals surface area contributed by atoms with Gasteiger partial charge in [0.2, 0.25) is 0 Å². The molecule has 7 nitrogen and oxygen atoms in total. The van der Waals surface area contributed by atoms with Crippen LogP contribution in [0.2, 0.25) is 5.02 Å². The molecule has 0 unspecified atom stereocenters. The topological polar surface area (TPSA) is 98.3 Å². The molecular weight excluding hydrogens is 355 g/mol. The second-order valence-electron chi connectivity index (χ2n) is 4.53. The fourth-order valence-electron chi connectivity index (χ4n) is 1.93. The Labute approximate surface area is 137 Å². The molecule has 2 aromatic carbocycles. The van der Waals surface area contributed by atoms with E-state index in [1.807, 2.05) is 0 Å². The lowest BCUT2D eigenvalue weighted by Gasteiger charge is -2.15. The predicted molar refractivity (Wildman–Crippen MR) is 79.5 cm³/mol. The Morgan fingerprint density at radius 2 is 1.71 bits per heavy atom. The Balaban J connectivity index is 2.71. The Kier molecular flexibility index (Phi) is 4.60. The number of nitrogens with zero attached hydrogens (tertiary/aromatic N) is 2. The number of benzene rings is 2. The summed E-state index contributed by atoms with van der Waals surface area (Å²) in [6.45, 7) is 0. The van der Waals surface area contributed by atoms with Crippen molar-refractivity contribution in [1.82, 2.24) is 0 Å². The zero-order chi connectivity index (χ0) is 18.1. The van der Waals surface area contributed by atoms with E-state index in [-0.39, 0.29) is 16.8 Å². The van der Waals surface area contributed by atoms with Crippen molar-refractivity contribution in [3.05, 3.63) is 67.2 Å². The number of rotatable bonds is 4. The fourth-order valence-corrected chi connectivity index (χ4v) is 2.12. The molecule has 2 aromatic rings. The van der Waals surface area contributed by atoms with E-state index in [0.717, 1.165) is 0 Å². The number of halogens is 4. The van der Waals surface area contributed by atoms with Gasteiger partial charge in [-0.15, -0.1) is 0 Å². The molecular formula is C13H7ClF3N3O4. The maximum Gasteiger partial charge on any atom is 0.418 e. The van der Waals surface area contributed by atoms with Gasteiger partial charge in [-0.25, -0.2) is 0 Å². The van der Waals surface area contributed by atoms with E-state index in [1.54, 1.807) is 0 Å². The standard InChI is InChI=1S/C13H7ClF3N3O4/c14-7-2-1-3-8(4-7)18-12-10(13(15,16)17)5-9(19(21)22)6-11(12)20(23)24/h1-6,18H. The van der Waals surface area contributed by atoms with Gasteiger partial charge in [0.15, 0.2) is 0 Å². The molecule has 0 radical (unpaired) electrons. The highest BCUT2D eigenvalue weighted by Gasteiger charge is 2.39. The number of nitro benzene ring substituents is 2. The van der Waals surface area contributed by atoms with E-state index in [2.05, 4.69) is 5.32 Å². The largest absolute Gasteiger partial charge is 0.418 e. The SMILES string of the molecule is O=[N+]([O-])c1cc([N+](=O)[O-])c(Nc2cccc(Cl)c2)c(C(F)(F)F)c1. The van der Waals surface area contributed by atoms with Crippen LogP contribution in [0.4, 0.5) is 35.9 Å². The number of nitrogens with one attached hydrogen (secondary N) is 1. The first-order valence-corrected chi connectivity index (χ1v) is 6.54. The molecule has 0 spiro atoms. The minimum atomic E-state index is -5.04. The monoisotopic (exact) mass is 361 g/mol. The van der Waals surface area contributed by atoms with Crippen molar-refractivity contribution in [3.8, 4) is 0 Å². The normalized spacial score (nSPS) is 11.2. The van der Waals surface area contributed by atoms with Crippen molar-refractivity contribution >= 4 is 34.4 Å². The average molecular weight is 362 g/mol. The quantitative estimate of drug-likeness (QED) is 0.615. The molecule has 0 heterocycles. The van der Waals surface area contributed by atoms with Gasteiger partial charge in [0.05, 0.1) is 21.5 Å². The summed E-state index contributed by atoms with van der Waals surface area (Å²) in [4.78, 5) is 19.6. The Morgan fingerprint density at radius 3 is 2.21 bits per heavy atom. The molecule has 1 N–H and O–H groups in total. The van der Waals surface area contributed by atoms with Gasteiger partial charge in [-0.2, -0.15) is 13.2 Å². The summed E-state index contributed by atoms with van der Waals surface area (Å²) in [5.74, 6) is 0. The number of hydrogen-bond acceptors (Lipinski definition) is 5. The molecule has 0 bridgehead atoms. The van der Waals surface area contributed by atoms with Gasteiger partial charge in [0.25, 0.3) is 11.4 Å². The molecule has 0 aromatic heterocycles. The van der Waals surface area contributed by atoms with E-state index in [4.69, 9.17) is 11.6 Å². The summed E-state index contributed by atoms with van der Waals surface area (Å²) in [6, 6.07) is 6.18. The molecule has 0 amide bonds. The van der Waals surface area contributed by atoms with Crippen molar-refractivity contribution in [2.24, 2.45) is 0 Å². The molecule has 11 heteroatoms. The summed E-state index contributed by atoms with van der Waals surface area (Å²) in [5.41, 5.74) is -4.48. The van der Waals surface area contributed by atoms with Crippen LogP contribution in [0.1, 0.15) is 5.56 Å². The Bertz CT molecular complexity index is 827. The van der Waals surface area contributed by atoms with Gasteiger partial charge >= 0.3 is 6.18 Å². The average Bonchev–Trinajstić information content (AvgIpc) is 2.45. The second kappa shape index (κ2) is 6.32. The summed E-state index contributed by atoms with van der Waals surface area (Å²) >= 11 is 5.72. The highest BCUT2D eigenvalue weighted by atomic mass is 35.5. The molecule has 0 saturated carbocycles. The summed E-state index contributed by atoms with van der Waals surface area (Å²) < 4.78 is 39.6. The highest BCUT2D eigenvalue weighted by Crippen LogP contribution is 2.43. The molecule has 0 aliphatic carbocycles. The Hall–Kier alpha value is -2.88. The summed E-state index contributed by atoms with van der Waals surface area (Å²) in [6.07, 6.45) is -5.04. The smallest absolute Gasteiger partial charge is 0.349 e. The van der Waals surface area contributed by atoms with Crippen LogP contribution in [0.5, 0.6) is 0 Å². The third-order valence-corrected chi connectivity index (χ3v) is 3.14. The molecule has 0 atom stereocenters. The highest BCUT2D eigenvalue weighted by molar-refractivity contribution is 6.30. The van der Waals surface area contributed by atoms with Crippen molar-refractivity contribution in [1.29, 1.82) is 0 Å². The van der Waals surface area contributed by atoms with Crippen LogP contribution in [0.3, 0.4) is 0 Å². The van der Waals surface area contributed by atoms with Crippen molar-refractivity contribution in [3.63, 3.8) is 0 Å². The molecule has 0 saturated heterocycles. The number of anilines is 2. The first-order chi connectivity index (χ1) is 11.1. The lowest BCUT2D eigenvalue weighted by molar-refractivity contribution is -0.394. The minimum absolute atomic E-state index is 0.0601. The van der Waals surface area contributed by atoms with Gasteiger partial charge in [0, 0.05) is 16.8 Å². The fraction of sp³-hybridized carbons (Fsp3) is 0.0769. The van der Waals surface area contributed by atoms with Gasteiger partial charge in [-0.05, 0) is 18.2 Å². The molecule has 0 aliphatic rings. The zero-order valence-electron chi connectivity index (χ0n) is 11.5. The van der Waals surface area contributed by atoms with Crippen molar-refractivity contribution < 1.29 is 23.0 Å². The van der Waals surface area contributed by atoms with Crippen LogP contribution in [0, 0.1) is 20.2 Å². The number of non-ortho nitro benzene ring substituents is 1.